The van der Waals surface area contributed by atoms with Gasteiger partial charge in [-0.3, -0.25) is 9.13 Å². The van der Waals surface area contributed by atoms with Crippen LogP contribution in [0.1, 0.15) is 31.2 Å². The van der Waals surface area contributed by atoms with Gasteiger partial charge in [0.15, 0.2) is 17.8 Å². The van der Waals surface area contributed by atoms with Gasteiger partial charge in [-0.05, 0) is 37.5 Å². The second kappa shape index (κ2) is 6.74. The molecule has 0 amide bonds. The fourth-order valence-electron chi connectivity index (χ4n) is 5.55. The molecule has 3 fully saturated rings. The van der Waals surface area contributed by atoms with Crippen LogP contribution in [0.4, 0.5) is 16.0 Å². The number of nitrogens with zero attached hydrogens (tertiary/aromatic N) is 5. The zero-order chi connectivity index (χ0) is 23.0. The SMILES string of the molecule is COC12CCC(n3c(=O)n(C)c4cnc(Nc5cc(F)c(-c6cnco6)cc5C)nc43)(C1)C2. The number of ether oxygens (including phenoxy) is 1. The number of fused-ring (bicyclic) bond motifs is 2. The van der Waals surface area contributed by atoms with Crippen LogP contribution in [0.25, 0.3) is 22.5 Å². The van der Waals surface area contributed by atoms with Gasteiger partial charge in [-0.1, -0.05) is 0 Å². The number of hydrogen-bond acceptors (Lipinski definition) is 7. The van der Waals surface area contributed by atoms with Crippen molar-refractivity contribution in [3.05, 3.63) is 52.8 Å². The Bertz CT molecular complexity index is 1450. The van der Waals surface area contributed by atoms with E-state index in [1.807, 2.05) is 6.92 Å². The second-order valence-electron chi connectivity index (χ2n) is 9.18. The van der Waals surface area contributed by atoms with E-state index in [4.69, 9.17) is 9.15 Å². The Hall–Kier alpha value is -3.53. The van der Waals surface area contributed by atoms with Gasteiger partial charge in [-0.2, -0.15) is 4.98 Å². The first-order valence-electron chi connectivity index (χ1n) is 10.8. The van der Waals surface area contributed by atoms with Crippen molar-refractivity contribution < 1.29 is 13.5 Å². The van der Waals surface area contributed by atoms with Crippen LogP contribution in [0.5, 0.6) is 0 Å². The third-order valence-corrected chi connectivity index (χ3v) is 7.32. The van der Waals surface area contributed by atoms with E-state index in [2.05, 4.69) is 20.3 Å². The zero-order valence-corrected chi connectivity index (χ0v) is 18.6. The number of rotatable bonds is 5. The van der Waals surface area contributed by atoms with Gasteiger partial charge in [0.25, 0.3) is 0 Å². The van der Waals surface area contributed by atoms with E-state index < -0.39 is 5.82 Å². The van der Waals surface area contributed by atoms with Gasteiger partial charge in [0.05, 0.1) is 29.1 Å². The monoisotopic (exact) mass is 450 g/mol. The quantitative estimate of drug-likeness (QED) is 0.495. The number of benzene rings is 1. The molecule has 2 bridgehead atoms. The van der Waals surface area contributed by atoms with Gasteiger partial charge in [0.1, 0.15) is 11.3 Å². The maximum Gasteiger partial charge on any atom is 0.330 e. The average Bonchev–Trinajstić information content (AvgIpc) is 3.55. The molecule has 0 unspecified atom stereocenters. The van der Waals surface area contributed by atoms with E-state index in [1.165, 1.54) is 18.7 Å². The lowest BCUT2D eigenvalue weighted by Gasteiger charge is -2.46. The Labute approximate surface area is 188 Å². The van der Waals surface area contributed by atoms with Gasteiger partial charge < -0.3 is 14.5 Å². The molecule has 4 aromatic rings. The molecular weight excluding hydrogens is 427 g/mol. The van der Waals surface area contributed by atoms with E-state index in [1.54, 1.807) is 35.6 Å². The lowest BCUT2D eigenvalue weighted by molar-refractivity contribution is -0.0906. The van der Waals surface area contributed by atoms with Crippen LogP contribution in [0, 0.1) is 12.7 Å². The molecule has 170 valence electrons. The van der Waals surface area contributed by atoms with E-state index in [0.29, 0.717) is 34.1 Å². The molecular formula is C23H23FN6O3. The number of oxazole rings is 1. The van der Waals surface area contributed by atoms with Crippen molar-refractivity contribution >= 4 is 22.8 Å². The molecule has 3 aliphatic rings. The third kappa shape index (κ3) is 2.80. The first kappa shape index (κ1) is 20.1. The summed E-state index contributed by atoms with van der Waals surface area (Å²) in [5.41, 5.74) is 2.36. The lowest BCUT2D eigenvalue weighted by atomic mass is 9.73. The first-order valence-corrected chi connectivity index (χ1v) is 10.8. The van der Waals surface area contributed by atoms with Crippen LogP contribution in [0.3, 0.4) is 0 Å². The minimum Gasteiger partial charge on any atom is -0.443 e. The van der Waals surface area contributed by atoms with E-state index in [9.17, 15) is 9.18 Å². The van der Waals surface area contributed by atoms with Gasteiger partial charge in [-0.15, -0.1) is 0 Å². The standard InChI is InChI=1S/C23H23FN6O3/c1-13-6-14(18-9-25-12-33-18)15(24)7-16(13)27-20-26-8-17-19(28-20)30(21(31)29(17)2)22-4-5-23(10-22,11-22)32-3/h6-9,12H,4-5,10-11H2,1-3H3,(H,26,27,28). The molecule has 3 aromatic heterocycles. The Morgan fingerprint density at radius 3 is 2.76 bits per heavy atom. The number of nitrogens with one attached hydrogen (secondary N) is 1. The van der Waals surface area contributed by atoms with Crippen molar-refractivity contribution in [2.45, 2.75) is 43.7 Å². The molecule has 1 aromatic carbocycles. The molecule has 10 heteroatoms. The summed E-state index contributed by atoms with van der Waals surface area (Å²) in [4.78, 5) is 26.1. The fraction of sp³-hybridized carbons (Fsp3) is 0.391. The summed E-state index contributed by atoms with van der Waals surface area (Å²) in [5, 5.41) is 3.11. The van der Waals surface area contributed by atoms with Crippen molar-refractivity contribution in [1.29, 1.82) is 0 Å². The highest BCUT2D eigenvalue weighted by atomic mass is 19.1. The Morgan fingerprint density at radius 2 is 2.06 bits per heavy atom. The maximum absolute atomic E-state index is 14.8. The summed E-state index contributed by atoms with van der Waals surface area (Å²) in [7, 11) is 3.47. The third-order valence-electron chi connectivity index (χ3n) is 7.32. The molecule has 0 atom stereocenters. The predicted molar refractivity (Wildman–Crippen MR) is 119 cm³/mol. The van der Waals surface area contributed by atoms with Crippen LogP contribution in [0.2, 0.25) is 0 Å². The first-order chi connectivity index (χ1) is 15.8. The van der Waals surface area contributed by atoms with Gasteiger partial charge in [0.2, 0.25) is 5.95 Å². The van der Waals surface area contributed by atoms with Crippen molar-refractivity contribution in [3.63, 3.8) is 0 Å². The summed E-state index contributed by atoms with van der Waals surface area (Å²) in [5.74, 6) is 0.202. The van der Waals surface area contributed by atoms with Crippen molar-refractivity contribution in [2.75, 3.05) is 12.4 Å². The number of hydrogen-bond donors (Lipinski definition) is 1. The molecule has 9 nitrogen and oxygen atoms in total. The molecule has 0 saturated heterocycles. The van der Waals surface area contributed by atoms with Crippen molar-refractivity contribution in [1.82, 2.24) is 24.1 Å². The molecule has 0 aliphatic heterocycles. The Kier molecular flexibility index (Phi) is 4.10. The minimum absolute atomic E-state index is 0.110. The Morgan fingerprint density at radius 1 is 1.24 bits per heavy atom. The van der Waals surface area contributed by atoms with Gasteiger partial charge in [0, 0.05) is 32.7 Å². The molecule has 3 aliphatic carbocycles. The highest BCUT2D eigenvalue weighted by molar-refractivity contribution is 5.74. The molecule has 3 heterocycles. The largest absolute Gasteiger partial charge is 0.443 e. The number of aryl methyl sites for hydroxylation is 2. The molecule has 0 radical (unpaired) electrons. The average molecular weight is 450 g/mol. The van der Waals surface area contributed by atoms with Crippen LogP contribution in [0.15, 0.2) is 40.1 Å². The van der Waals surface area contributed by atoms with Crippen LogP contribution < -0.4 is 11.0 Å². The minimum atomic E-state index is -0.451. The predicted octanol–water partition coefficient (Wildman–Crippen LogP) is 3.64. The summed E-state index contributed by atoms with van der Waals surface area (Å²) in [6.07, 6.45) is 7.77. The van der Waals surface area contributed by atoms with Gasteiger partial charge in [-0.25, -0.2) is 19.2 Å². The van der Waals surface area contributed by atoms with E-state index in [-0.39, 0.29) is 16.8 Å². The summed E-state index contributed by atoms with van der Waals surface area (Å²) in [6, 6.07) is 3.07. The zero-order valence-electron chi connectivity index (χ0n) is 18.6. The van der Waals surface area contributed by atoms with Gasteiger partial charge >= 0.3 is 5.69 Å². The number of anilines is 2. The fourth-order valence-corrected chi connectivity index (χ4v) is 5.55. The topological polar surface area (TPSA) is 100 Å². The lowest BCUT2D eigenvalue weighted by Crippen LogP contribution is -2.53. The summed E-state index contributed by atoms with van der Waals surface area (Å²) in [6.45, 7) is 1.86. The van der Waals surface area contributed by atoms with E-state index in [0.717, 1.165) is 31.2 Å². The molecule has 33 heavy (non-hydrogen) atoms. The Balaban J connectivity index is 1.39. The smallest absolute Gasteiger partial charge is 0.330 e. The van der Waals surface area contributed by atoms with Crippen molar-refractivity contribution in [3.8, 4) is 11.3 Å². The summed E-state index contributed by atoms with van der Waals surface area (Å²) >= 11 is 0. The van der Waals surface area contributed by atoms with Crippen LogP contribution >= 0.6 is 0 Å². The number of imidazole rings is 1. The van der Waals surface area contributed by atoms with Crippen LogP contribution in [-0.4, -0.2) is 36.8 Å². The molecule has 0 spiro atoms. The van der Waals surface area contributed by atoms with Crippen LogP contribution in [-0.2, 0) is 17.3 Å². The normalized spacial score (nSPS) is 23.8. The summed E-state index contributed by atoms with van der Waals surface area (Å²) < 4.78 is 29.1. The number of methoxy groups -OCH3 is 1. The number of aromatic nitrogens is 5. The molecule has 7 rings (SSSR count). The molecule has 1 N–H and O–H groups in total. The number of halogens is 1. The maximum atomic E-state index is 14.8. The van der Waals surface area contributed by atoms with Crippen molar-refractivity contribution in [2.24, 2.45) is 7.05 Å². The highest BCUT2D eigenvalue weighted by Gasteiger charge is 2.63. The second-order valence-corrected chi connectivity index (χ2v) is 9.18. The van der Waals surface area contributed by atoms with E-state index >= 15 is 0 Å². The highest BCUT2D eigenvalue weighted by Crippen LogP contribution is 2.61. The molecule has 3 saturated carbocycles.